The minimum Gasteiger partial charge on any atom is -0.481 e. The molecule has 1 heterocycles. The highest BCUT2D eigenvalue weighted by Crippen LogP contribution is 2.13. The SMILES string of the molecule is O=C(O)CC1CCC(=O)NC1. The molecule has 0 aromatic carbocycles. The van der Waals surface area contributed by atoms with Crippen LogP contribution in [0.2, 0.25) is 0 Å². The van der Waals surface area contributed by atoms with Crippen molar-refractivity contribution in [3.05, 3.63) is 0 Å². The van der Waals surface area contributed by atoms with Crippen molar-refractivity contribution in [1.82, 2.24) is 5.32 Å². The summed E-state index contributed by atoms with van der Waals surface area (Å²) in [5.41, 5.74) is 0. The van der Waals surface area contributed by atoms with Crippen molar-refractivity contribution >= 4 is 11.9 Å². The van der Waals surface area contributed by atoms with Crippen LogP contribution in [-0.4, -0.2) is 23.5 Å². The number of carbonyl (C=O) groups is 2. The van der Waals surface area contributed by atoms with E-state index in [0.717, 1.165) is 0 Å². The van der Waals surface area contributed by atoms with E-state index in [9.17, 15) is 9.59 Å². The highest BCUT2D eigenvalue weighted by Gasteiger charge is 2.19. The quantitative estimate of drug-likeness (QED) is 0.592. The summed E-state index contributed by atoms with van der Waals surface area (Å²) in [4.78, 5) is 20.9. The lowest BCUT2D eigenvalue weighted by Gasteiger charge is -2.20. The smallest absolute Gasteiger partial charge is 0.303 e. The van der Waals surface area contributed by atoms with Crippen LogP contribution in [0.3, 0.4) is 0 Å². The van der Waals surface area contributed by atoms with Gasteiger partial charge in [0.2, 0.25) is 5.91 Å². The molecule has 0 aliphatic carbocycles. The molecule has 0 bridgehead atoms. The molecule has 1 saturated heterocycles. The van der Waals surface area contributed by atoms with Crippen LogP contribution in [0.25, 0.3) is 0 Å². The molecular formula is C7H11NO3. The maximum Gasteiger partial charge on any atom is 0.303 e. The topological polar surface area (TPSA) is 66.4 Å². The summed E-state index contributed by atoms with van der Waals surface area (Å²) in [7, 11) is 0. The molecule has 1 atom stereocenters. The number of carboxylic acid groups (broad SMARTS) is 1. The Morgan fingerprint density at radius 3 is 2.91 bits per heavy atom. The molecule has 1 unspecified atom stereocenters. The molecule has 2 N–H and O–H groups in total. The Bertz CT molecular complexity index is 169. The standard InChI is InChI=1S/C7H11NO3/c9-6-2-1-5(4-8-6)3-7(10)11/h5H,1-4H2,(H,8,9)(H,10,11). The van der Waals surface area contributed by atoms with Crippen LogP contribution in [0, 0.1) is 5.92 Å². The Kier molecular flexibility index (Phi) is 2.46. The second-order valence-electron chi connectivity index (χ2n) is 2.81. The number of hydrogen-bond acceptors (Lipinski definition) is 2. The van der Waals surface area contributed by atoms with Crippen LogP contribution in [0.15, 0.2) is 0 Å². The number of amides is 1. The highest BCUT2D eigenvalue weighted by atomic mass is 16.4. The lowest BCUT2D eigenvalue weighted by atomic mass is 9.96. The zero-order valence-corrected chi connectivity index (χ0v) is 6.17. The van der Waals surface area contributed by atoms with Gasteiger partial charge in [-0.25, -0.2) is 0 Å². The predicted octanol–water partition coefficient (Wildman–Crippen LogP) is -0.0127. The van der Waals surface area contributed by atoms with Gasteiger partial charge in [-0.05, 0) is 12.3 Å². The number of piperidine rings is 1. The van der Waals surface area contributed by atoms with E-state index in [2.05, 4.69) is 5.32 Å². The fourth-order valence-corrected chi connectivity index (χ4v) is 1.21. The molecule has 4 heteroatoms. The van der Waals surface area contributed by atoms with E-state index < -0.39 is 5.97 Å². The molecule has 1 aliphatic heterocycles. The first-order chi connectivity index (χ1) is 5.18. The van der Waals surface area contributed by atoms with E-state index in [1.165, 1.54) is 0 Å². The normalized spacial score (nSPS) is 24.4. The van der Waals surface area contributed by atoms with Crippen molar-refractivity contribution in [3.8, 4) is 0 Å². The summed E-state index contributed by atoms with van der Waals surface area (Å²) in [5, 5.41) is 11.1. The van der Waals surface area contributed by atoms with Crippen LogP contribution < -0.4 is 5.32 Å². The summed E-state index contributed by atoms with van der Waals surface area (Å²) >= 11 is 0. The van der Waals surface area contributed by atoms with Gasteiger partial charge in [0.05, 0.1) is 0 Å². The molecular weight excluding hydrogens is 146 g/mol. The number of rotatable bonds is 2. The van der Waals surface area contributed by atoms with Gasteiger partial charge in [0.15, 0.2) is 0 Å². The number of nitrogens with one attached hydrogen (secondary N) is 1. The Hall–Kier alpha value is -1.06. The maximum atomic E-state index is 10.6. The van der Waals surface area contributed by atoms with Crippen molar-refractivity contribution in [1.29, 1.82) is 0 Å². The van der Waals surface area contributed by atoms with Gasteiger partial charge in [-0.2, -0.15) is 0 Å². The van der Waals surface area contributed by atoms with Crippen molar-refractivity contribution in [2.75, 3.05) is 6.54 Å². The van der Waals surface area contributed by atoms with E-state index in [0.29, 0.717) is 19.4 Å². The number of aliphatic carboxylic acids is 1. The zero-order valence-electron chi connectivity index (χ0n) is 6.17. The number of carbonyl (C=O) groups excluding carboxylic acids is 1. The van der Waals surface area contributed by atoms with E-state index in [1.54, 1.807) is 0 Å². The minimum atomic E-state index is -0.786. The van der Waals surface area contributed by atoms with Crippen LogP contribution in [0.1, 0.15) is 19.3 Å². The second-order valence-corrected chi connectivity index (χ2v) is 2.81. The van der Waals surface area contributed by atoms with Gasteiger partial charge in [0, 0.05) is 19.4 Å². The molecule has 4 nitrogen and oxygen atoms in total. The van der Waals surface area contributed by atoms with Crippen LogP contribution in [0.4, 0.5) is 0 Å². The summed E-state index contributed by atoms with van der Waals surface area (Å²) in [5.74, 6) is -0.622. The van der Waals surface area contributed by atoms with Gasteiger partial charge in [-0.1, -0.05) is 0 Å². The summed E-state index contributed by atoms with van der Waals surface area (Å²) in [6, 6.07) is 0. The fraction of sp³-hybridized carbons (Fsp3) is 0.714. The average Bonchev–Trinajstić information content (AvgIpc) is 1.93. The fourth-order valence-electron chi connectivity index (χ4n) is 1.21. The monoisotopic (exact) mass is 157 g/mol. The largest absolute Gasteiger partial charge is 0.481 e. The Balaban J connectivity index is 2.28. The third-order valence-corrected chi connectivity index (χ3v) is 1.83. The highest BCUT2D eigenvalue weighted by molar-refractivity contribution is 5.77. The number of carboxylic acids is 1. The Morgan fingerprint density at radius 1 is 1.73 bits per heavy atom. The van der Waals surface area contributed by atoms with Crippen molar-refractivity contribution in [2.45, 2.75) is 19.3 Å². The van der Waals surface area contributed by atoms with Gasteiger partial charge >= 0.3 is 5.97 Å². The van der Waals surface area contributed by atoms with E-state index in [4.69, 9.17) is 5.11 Å². The van der Waals surface area contributed by atoms with Gasteiger partial charge in [-0.3, -0.25) is 9.59 Å². The van der Waals surface area contributed by atoms with E-state index in [-0.39, 0.29) is 18.2 Å². The molecule has 0 aromatic rings. The van der Waals surface area contributed by atoms with E-state index >= 15 is 0 Å². The first-order valence-corrected chi connectivity index (χ1v) is 3.67. The lowest BCUT2D eigenvalue weighted by molar-refractivity contribution is -0.139. The van der Waals surface area contributed by atoms with Crippen molar-refractivity contribution in [3.63, 3.8) is 0 Å². The predicted molar refractivity (Wildman–Crippen MR) is 38.0 cm³/mol. The number of hydrogen-bond donors (Lipinski definition) is 2. The lowest BCUT2D eigenvalue weighted by Crippen LogP contribution is -2.35. The van der Waals surface area contributed by atoms with Crippen molar-refractivity contribution in [2.24, 2.45) is 5.92 Å². The van der Waals surface area contributed by atoms with Gasteiger partial charge in [0.25, 0.3) is 0 Å². The van der Waals surface area contributed by atoms with Gasteiger partial charge < -0.3 is 10.4 Å². The first-order valence-electron chi connectivity index (χ1n) is 3.67. The third kappa shape index (κ3) is 2.57. The zero-order chi connectivity index (χ0) is 8.27. The second kappa shape index (κ2) is 3.37. The van der Waals surface area contributed by atoms with Gasteiger partial charge in [-0.15, -0.1) is 0 Å². The molecule has 0 aromatic heterocycles. The van der Waals surface area contributed by atoms with Crippen LogP contribution in [0.5, 0.6) is 0 Å². The first kappa shape index (κ1) is 8.04. The molecule has 0 spiro atoms. The molecule has 0 radical (unpaired) electrons. The molecule has 1 rings (SSSR count). The van der Waals surface area contributed by atoms with Crippen LogP contribution >= 0.6 is 0 Å². The van der Waals surface area contributed by atoms with Crippen LogP contribution in [-0.2, 0) is 9.59 Å². The summed E-state index contributed by atoms with van der Waals surface area (Å²) in [6.07, 6.45) is 1.34. The summed E-state index contributed by atoms with van der Waals surface area (Å²) in [6.45, 7) is 0.519. The molecule has 1 aliphatic rings. The average molecular weight is 157 g/mol. The molecule has 62 valence electrons. The summed E-state index contributed by atoms with van der Waals surface area (Å²) < 4.78 is 0. The molecule has 1 amide bonds. The Morgan fingerprint density at radius 2 is 2.45 bits per heavy atom. The Labute approximate surface area is 64.6 Å². The molecule has 0 saturated carbocycles. The maximum absolute atomic E-state index is 10.6. The van der Waals surface area contributed by atoms with Crippen molar-refractivity contribution < 1.29 is 14.7 Å². The van der Waals surface area contributed by atoms with Gasteiger partial charge in [0.1, 0.15) is 0 Å². The van der Waals surface area contributed by atoms with E-state index in [1.807, 2.05) is 0 Å². The third-order valence-electron chi connectivity index (χ3n) is 1.83. The minimum absolute atomic E-state index is 0.0339. The molecule has 1 fully saturated rings. The molecule has 11 heavy (non-hydrogen) atoms.